The minimum atomic E-state index is 0.497. The van der Waals surface area contributed by atoms with Gasteiger partial charge in [-0.1, -0.05) is 58.7 Å². The van der Waals surface area contributed by atoms with Crippen molar-refractivity contribution in [3.8, 4) is 34.3 Å². The van der Waals surface area contributed by atoms with Crippen LogP contribution in [0.5, 0.6) is 17.2 Å². The number of thioether (sulfide) groups is 1. The number of hydrogen-bond donors (Lipinski definition) is 0. The summed E-state index contributed by atoms with van der Waals surface area (Å²) in [4.78, 5) is 0. The Morgan fingerprint density at radius 2 is 1.53 bits per heavy atom. The number of methoxy groups -OCH3 is 3. The predicted octanol–water partition coefficient (Wildman–Crippen LogP) is 7.21. The third-order valence-electron chi connectivity index (χ3n) is 5.03. The summed E-state index contributed by atoms with van der Waals surface area (Å²) in [5, 5.41) is 11.3. The Kier molecular flexibility index (Phi) is 7.78. The lowest BCUT2D eigenvalue weighted by atomic mass is 10.1. The van der Waals surface area contributed by atoms with Gasteiger partial charge < -0.3 is 14.2 Å². The maximum Gasteiger partial charge on any atom is 0.203 e. The number of benzene rings is 3. The molecular weight excluding hydrogens is 517 g/mol. The highest BCUT2D eigenvalue weighted by molar-refractivity contribution is 7.98. The van der Waals surface area contributed by atoms with Gasteiger partial charge in [0.25, 0.3) is 0 Å². The van der Waals surface area contributed by atoms with Gasteiger partial charge in [0.2, 0.25) is 5.75 Å². The highest BCUT2D eigenvalue weighted by atomic mass is 35.5. The standard InChI is InChI=1S/C24H20Cl3N3O3S/c1-31-19-11-15(12-20(32-2)22(19)33-3)23-28-29-24(30(23)17-9-7-16(25)8-10-17)34-13-14-5-4-6-18(26)21(14)27/h4-12H,13H2,1-3H3. The molecule has 0 unspecified atom stereocenters. The van der Waals surface area contributed by atoms with E-state index < -0.39 is 0 Å². The maximum atomic E-state index is 6.39. The molecular formula is C24H20Cl3N3O3S. The molecule has 10 heteroatoms. The Balaban J connectivity index is 1.82. The van der Waals surface area contributed by atoms with Crippen LogP contribution < -0.4 is 14.2 Å². The van der Waals surface area contributed by atoms with Gasteiger partial charge in [0, 0.05) is 22.0 Å². The van der Waals surface area contributed by atoms with E-state index in [-0.39, 0.29) is 0 Å². The van der Waals surface area contributed by atoms with Gasteiger partial charge in [-0.15, -0.1) is 10.2 Å². The molecule has 0 fully saturated rings. The van der Waals surface area contributed by atoms with Crippen LogP contribution in [0, 0.1) is 0 Å². The second kappa shape index (κ2) is 10.8. The molecule has 4 aromatic rings. The fourth-order valence-electron chi connectivity index (χ4n) is 3.39. The van der Waals surface area contributed by atoms with Crippen LogP contribution in [0.25, 0.3) is 17.1 Å². The van der Waals surface area contributed by atoms with E-state index in [1.807, 2.05) is 53.1 Å². The van der Waals surface area contributed by atoms with Crippen molar-refractivity contribution >= 4 is 46.6 Å². The zero-order chi connectivity index (χ0) is 24.2. The third-order valence-corrected chi connectivity index (χ3v) is 7.12. The first-order valence-electron chi connectivity index (χ1n) is 10.0. The number of ether oxygens (including phenoxy) is 3. The molecule has 1 aromatic heterocycles. The van der Waals surface area contributed by atoms with Crippen molar-refractivity contribution in [3.05, 3.63) is 75.2 Å². The predicted molar refractivity (Wildman–Crippen MR) is 137 cm³/mol. The van der Waals surface area contributed by atoms with Gasteiger partial charge in [-0.05, 0) is 48.0 Å². The van der Waals surface area contributed by atoms with E-state index in [0.717, 1.165) is 16.8 Å². The molecule has 0 aliphatic rings. The molecule has 34 heavy (non-hydrogen) atoms. The van der Waals surface area contributed by atoms with Gasteiger partial charge in [0.1, 0.15) is 0 Å². The zero-order valence-electron chi connectivity index (χ0n) is 18.5. The molecule has 0 atom stereocenters. The van der Waals surface area contributed by atoms with Gasteiger partial charge in [-0.3, -0.25) is 4.57 Å². The lowest BCUT2D eigenvalue weighted by molar-refractivity contribution is 0.324. The largest absolute Gasteiger partial charge is 0.493 e. The Labute approximate surface area is 216 Å². The molecule has 0 aliphatic carbocycles. The molecule has 0 saturated carbocycles. The summed E-state index contributed by atoms with van der Waals surface area (Å²) in [5.74, 6) is 2.68. The van der Waals surface area contributed by atoms with Crippen LogP contribution in [-0.2, 0) is 5.75 Å². The molecule has 0 saturated heterocycles. The molecule has 3 aromatic carbocycles. The van der Waals surface area contributed by atoms with Gasteiger partial charge in [-0.2, -0.15) is 0 Å². The number of aromatic nitrogens is 3. The third kappa shape index (κ3) is 4.93. The average molecular weight is 537 g/mol. The van der Waals surface area contributed by atoms with Crippen LogP contribution in [0.15, 0.2) is 59.8 Å². The molecule has 0 radical (unpaired) electrons. The Morgan fingerprint density at radius 3 is 2.15 bits per heavy atom. The van der Waals surface area contributed by atoms with Gasteiger partial charge in [-0.25, -0.2) is 0 Å². The molecule has 0 bridgehead atoms. The summed E-state index contributed by atoms with van der Waals surface area (Å²) in [6, 6.07) is 16.7. The second-order valence-electron chi connectivity index (χ2n) is 7.03. The van der Waals surface area contributed by atoms with Crippen molar-refractivity contribution in [1.82, 2.24) is 14.8 Å². The van der Waals surface area contributed by atoms with Crippen molar-refractivity contribution in [2.45, 2.75) is 10.9 Å². The topological polar surface area (TPSA) is 58.4 Å². The van der Waals surface area contributed by atoms with Crippen molar-refractivity contribution in [3.63, 3.8) is 0 Å². The molecule has 1 heterocycles. The SMILES string of the molecule is COc1cc(-c2nnc(SCc3cccc(Cl)c3Cl)n2-c2ccc(Cl)cc2)cc(OC)c1OC. The van der Waals surface area contributed by atoms with Crippen LogP contribution in [0.1, 0.15) is 5.56 Å². The zero-order valence-corrected chi connectivity index (χ0v) is 21.6. The van der Waals surface area contributed by atoms with E-state index in [2.05, 4.69) is 10.2 Å². The number of hydrogen-bond acceptors (Lipinski definition) is 6. The molecule has 4 rings (SSSR count). The highest BCUT2D eigenvalue weighted by Gasteiger charge is 2.21. The van der Waals surface area contributed by atoms with Crippen LogP contribution in [0.3, 0.4) is 0 Å². The summed E-state index contributed by atoms with van der Waals surface area (Å²) < 4.78 is 18.5. The normalized spacial score (nSPS) is 10.9. The van der Waals surface area contributed by atoms with Crippen molar-refractivity contribution < 1.29 is 14.2 Å². The van der Waals surface area contributed by atoms with E-state index in [1.54, 1.807) is 27.4 Å². The van der Waals surface area contributed by atoms with Crippen molar-refractivity contribution in [2.75, 3.05) is 21.3 Å². The van der Waals surface area contributed by atoms with E-state index in [9.17, 15) is 0 Å². The minimum absolute atomic E-state index is 0.497. The van der Waals surface area contributed by atoms with E-state index in [1.165, 1.54) is 11.8 Å². The molecule has 176 valence electrons. The fraction of sp³-hybridized carbons (Fsp3) is 0.167. The first-order valence-corrected chi connectivity index (χ1v) is 12.2. The molecule has 0 spiro atoms. The molecule has 6 nitrogen and oxygen atoms in total. The highest BCUT2D eigenvalue weighted by Crippen LogP contribution is 2.42. The molecule has 0 amide bonds. The Morgan fingerprint density at radius 1 is 0.853 bits per heavy atom. The first kappa shape index (κ1) is 24.5. The summed E-state index contributed by atoms with van der Waals surface area (Å²) in [6.45, 7) is 0. The van der Waals surface area contributed by atoms with Crippen LogP contribution in [-0.4, -0.2) is 36.1 Å². The first-order chi connectivity index (χ1) is 16.5. The Bertz CT molecular complexity index is 1290. The average Bonchev–Trinajstić information content (AvgIpc) is 3.28. The van der Waals surface area contributed by atoms with Crippen LogP contribution in [0.2, 0.25) is 15.1 Å². The quantitative estimate of drug-likeness (QED) is 0.222. The smallest absolute Gasteiger partial charge is 0.203 e. The second-order valence-corrected chi connectivity index (χ2v) is 9.20. The summed E-state index contributed by atoms with van der Waals surface area (Å²) in [7, 11) is 4.70. The fourth-order valence-corrected chi connectivity index (χ4v) is 4.92. The monoisotopic (exact) mass is 535 g/mol. The van der Waals surface area contributed by atoms with Crippen LogP contribution in [0.4, 0.5) is 0 Å². The summed E-state index contributed by atoms with van der Waals surface area (Å²) in [6.07, 6.45) is 0. The lowest BCUT2D eigenvalue weighted by Crippen LogP contribution is -2.01. The molecule has 0 aliphatic heterocycles. The van der Waals surface area contributed by atoms with Crippen molar-refractivity contribution in [1.29, 1.82) is 0 Å². The van der Waals surface area contributed by atoms with Crippen molar-refractivity contribution in [2.24, 2.45) is 0 Å². The van der Waals surface area contributed by atoms with E-state index >= 15 is 0 Å². The minimum Gasteiger partial charge on any atom is -0.493 e. The number of nitrogens with zero attached hydrogens (tertiary/aromatic N) is 3. The molecule has 0 N–H and O–H groups in total. The summed E-state index contributed by atoms with van der Waals surface area (Å²) >= 11 is 20.2. The number of rotatable bonds is 8. The Hall–Kier alpha value is -2.58. The van der Waals surface area contributed by atoms with Crippen LogP contribution >= 0.6 is 46.6 Å². The van der Waals surface area contributed by atoms with E-state index in [4.69, 9.17) is 49.0 Å². The van der Waals surface area contributed by atoms with Gasteiger partial charge in [0.05, 0.1) is 31.4 Å². The van der Waals surface area contributed by atoms with E-state index in [0.29, 0.717) is 49.1 Å². The summed E-state index contributed by atoms with van der Waals surface area (Å²) in [5.41, 5.74) is 2.49. The lowest BCUT2D eigenvalue weighted by Gasteiger charge is -2.15. The number of halogens is 3. The van der Waals surface area contributed by atoms with Gasteiger partial charge in [0.15, 0.2) is 22.5 Å². The maximum absolute atomic E-state index is 6.39. The van der Waals surface area contributed by atoms with Gasteiger partial charge >= 0.3 is 0 Å².